The largest absolute Gasteiger partial charge is 0.497 e. The van der Waals surface area contributed by atoms with Gasteiger partial charge in [0, 0.05) is 5.56 Å². The molecular formula is C20H21N3O4. The predicted molar refractivity (Wildman–Crippen MR) is 99.4 cm³/mol. The van der Waals surface area contributed by atoms with Gasteiger partial charge in [-0.25, -0.2) is 0 Å². The number of ether oxygens (including phenoxy) is 2. The minimum absolute atomic E-state index is 0.133. The fourth-order valence-electron chi connectivity index (χ4n) is 2.36. The first-order valence-electron chi connectivity index (χ1n) is 8.53. The maximum atomic E-state index is 12.2. The van der Waals surface area contributed by atoms with Crippen LogP contribution in [0.15, 0.2) is 53.1 Å². The molecule has 0 aliphatic heterocycles. The summed E-state index contributed by atoms with van der Waals surface area (Å²) in [6, 6.07) is 14.8. The molecule has 7 heteroatoms. The molecule has 1 amide bonds. The maximum Gasteiger partial charge on any atom is 0.261 e. The summed E-state index contributed by atoms with van der Waals surface area (Å²) in [5.74, 6) is 1.84. The number of rotatable bonds is 7. The van der Waals surface area contributed by atoms with Crippen LogP contribution in [0.25, 0.3) is 11.4 Å². The number of benzene rings is 2. The minimum atomic E-state index is -0.669. The summed E-state index contributed by atoms with van der Waals surface area (Å²) in [4.78, 5) is 16.5. The molecule has 0 fully saturated rings. The topological polar surface area (TPSA) is 86.5 Å². The van der Waals surface area contributed by atoms with Crippen molar-refractivity contribution in [3.05, 3.63) is 60.0 Å². The van der Waals surface area contributed by atoms with Gasteiger partial charge in [0.1, 0.15) is 11.5 Å². The third-order valence-electron chi connectivity index (χ3n) is 3.93. The molecule has 0 spiro atoms. The molecule has 0 saturated heterocycles. The smallest absolute Gasteiger partial charge is 0.261 e. The Kier molecular flexibility index (Phi) is 5.71. The molecule has 0 saturated carbocycles. The second-order valence-electron chi connectivity index (χ2n) is 6.03. The number of amides is 1. The van der Waals surface area contributed by atoms with E-state index in [0.29, 0.717) is 17.5 Å². The van der Waals surface area contributed by atoms with Gasteiger partial charge in [-0.3, -0.25) is 4.79 Å². The fourth-order valence-corrected chi connectivity index (χ4v) is 2.36. The van der Waals surface area contributed by atoms with Gasteiger partial charge in [-0.2, -0.15) is 4.98 Å². The molecule has 0 radical (unpaired) electrons. The number of aromatic nitrogens is 2. The lowest BCUT2D eigenvalue weighted by Gasteiger charge is -2.14. The number of carbonyl (C=O) groups is 1. The van der Waals surface area contributed by atoms with E-state index in [4.69, 9.17) is 14.0 Å². The van der Waals surface area contributed by atoms with E-state index in [0.717, 1.165) is 16.9 Å². The Morgan fingerprint density at radius 2 is 1.78 bits per heavy atom. The van der Waals surface area contributed by atoms with Gasteiger partial charge in [-0.05, 0) is 38.1 Å². The summed E-state index contributed by atoms with van der Waals surface area (Å²) in [6.07, 6.45) is -0.669. The van der Waals surface area contributed by atoms with Crippen LogP contribution in [0.3, 0.4) is 0 Å². The third kappa shape index (κ3) is 4.84. The van der Waals surface area contributed by atoms with Crippen LogP contribution in [-0.2, 0) is 11.3 Å². The zero-order chi connectivity index (χ0) is 19.2. The van der Waals surface area contributed by atoms with Gasteiger partial charge in [0.15, 0.2) is 6.10 Å². The molecule has 1 N–H and O–H groups in total. The van der Waals surface area contributed by atoms with Gasteiger partial charge in [-0.15, -0.1) is 0 Å². The third-order valence-corrected chi connectivity index (χ3v) is 3.93. The van der Waals surface area contributed by atoms with E-state index in [1.54, 1.807) is 38.3 Å². The van der Waals surface area contributed by atoms with E-state index in [2.05, 4.69) is 15.5 Å². The molecule has 3 aromatic rings. The first kappa shape index (κ1) is 18.4. The van der Waals surface area contributed by atoms with Crippen molar-refractivity contribution in [3.63, 3.8) is 0 Å². The molecule has 1 heterocycles. The maximum absolute atomic E-state index is 12.2. The monoisotopic (exact) mass is 367 g/mol. The first-order chi connectivity index (χ1) is 13.0. The number of aryl methyl sites for hydroxylation is 1. The van der Waals surface area contributed by atoms with Crippen LogP contribution in [0.2, 0.25) is 0 Å². The van der Waals surface area contributed by atoms with E-state index in [1.165, 1.54) is 0 Å². The van der Waals surface area contributed by atoms with Gasteiger partial charge >= 0.3 is 0 Å². The Hall–Kier alpha value is -3.35. The van der Waals surface area contributed by atoms with Gasteiger partial charge in [0.05, 0.1) is 13.7 Å². The van der Waals surface area contributed by atoms with Crippen molar-refractivity contribution >= 4 is 5.91 Å². The number of nitrogens with one attached hydrogen (secondary N) is 1. The van der Waals surface area contributed by atoms with Gasteiger partial charge < -0.3 is 19.3 Å². The van der Waals surface area contributed by atoms with Crippen LogP contribution in [0.4, 0.5) is 0 Å². The Bertz CT molecular complexity index is 888. The van der Waals surface area contributed by atoms with E-state index in [1.807, 2.05) is 31.2 Å². The molecule has 0 aliphatic rings. The number of hydrogen-bond acceptors (Lipinski definition) is 6. The predicted octanol–water partition coefficient (Wildman–Crippen LogP) is 3.14. The molecule has 0 aliphatic carbocycles. The molecule has 0 unspecified atom stereocenters. The molecule has 27 heavy (non-hydrogen) atoms. The van der Waals surface area contributed by atoms with Crippen LogP contribution in [0, 0.1) is 6.92 Å². The molecule has 140 valence electrons. The summed E-state index contributed by atoms with van der Waals surface area (Å²) in [5.41, 5.74) is 2.01. The molecular weight excluding hydrogens is 346 g/mol. The highest BCUT2D eigenvalue weighted by atomic mass is 16.5. The highest BCUT2D eigenvalue weighted by Gasteiger charge is 2.16. The summed E-state index contributed by atoms with van der Waals surface area (Å²) in [5, 5.41) is 6.67. The molecule has 3 rings (SSSR count). The Labute approximate surface area is 157 Å². The van der Waals surface area contributed by atoms with Crippen LogP contribution < -0.4 is 14.8 Å². The highest BCUT2D eigenvalue weighted by molar-refractivity contribution is 5.80. The van der Waals surface area contributed by atoms with Gasteiger partial charge in [0.2, 0.25) is 11.7 Å². The highest BCUT2D eigenvalue weighted by Crippen LogP contribution is 2.18. The lowest BCUT2D eigenvalue weighted by Crippen LogP contribution is -2.35. The number of methoxy groups -OCH3 is 1. The van der Waals surface area contributed by atoms with E-state index in [9.17, 15) is 4.79 Å². The SMILES string of the molecule is COc1ccc(O[C@H](C)C(=O)NCc2nc(-c3ccc(C)cc3)no2)cc1. The quantitative estimate of drug-likeness (QED) is 0.690. The first-order valence-corrected chi connectivity index (χ1v) is 8.53. The second-order valence-corrected chi connectivity index (χ2v) is 6.03. The van der Waals surface area contributed by atoms with Crippen LogP contribution in [0.1, 0.15) is 18.4 Å². The Morgan fingerprint density at radius 1 is 1.11 bits per heavy atom. The lowest BCUT2D eigenvalue weighted by molar-refractivity contribution is -0.127. The zero-order valence-corrected chi connectivity index (χ0v) is 15.4. The van der Waals surface area contributed by atoms with Crippen LogP contribution in [-0.4, -0.2) is 29.3 Å². The van der Waals surface area contributed by atoms with Crippen molar-refractivity contribution in [2.45, 2.75) is 26.5 Å². The lowest BCUT2D eigenvalue weighted by atomic mass is 10.1. The molecule has 1 aromatic heterocycles. The average Bonchev–Trinajstić information content (AvgIpc) is 3.16. The van der Waals surface area contributed by atoms with Crippen molar-refractivity contribution in [3.8, 4) is 22.9 Å². The summed E-state index contributed by atoms with van der Waals surface area (Å²) in [7, 11) is 1.59. The molecule has 7 nitrogen and oxygen atoms in total. The van der Waals surface area contributed by atoms with E-state index < -0.39 is 6.10 Å². The average molecular weight is 367 g/mol. The summed E-state index contributed by atoms with van der Waals surface area (Å²) in [6.45, 7) is 3.81. The molecule has 2 aromatic carbocycles. The van der Waals surface area contributed by atoms with Crippen molar-refractivity contribution in [2.75, 3.05) is 7.11 Å². The standard InChI is InChI=1S/C20H21N3O4/c1-13-4-6-15(7-5-13)19-22-18(27-23-19)12-21-20(24)14(2)26-17-10-8-16(25-3)9-11-17/h4-11,14H,12H2,1-3H3,(H,21,24)/t14-/m1/s1. The minimum Gasteiger partial charge on any atom is -0.497 e. The number of hydrogen-bond donors (Lipinski definition) is 1. The summed E-state index contributed by atoms with van der Waals surface area (Å²) < 4.78 is 15.9. The Morgan fingerprint density at radius 3 is 2.44 bits per heavy atom. The van der Waals surface area contributed by atoms with Crippen LogP contribution >= 0.6 is 0 Å². The van der Waals surface area contributed by atoms with Gasteiger partial charge in [0.25, 0.3) is 5.91 Å². The number of carbonyl (C=O) groups excluding carboxylic acids is 1. The second kappa shape index (κ2) is 8.35. The van der Waals surface area contributed by atoms with Crippen LogP contribution in [0.5, 0.6) is 11.5 Å². The van der Waals surface area contributed by atoms with Crippen molar-refractivity contribution < 1.29 is 18.8 Å². The summed E-state index contributed by atoms with van der Waals surface area (Å²) >= 11 is 0. The van der Waals surface area contributed by atoms with Gasteiger partial charge in [-0.1, -0.05) is 35.0 Å². The van der Waals surface area contributed by atoms with Crippen molar-refractivity contribution in [1.82, 2.24) is 15.5 Å². The Balaban J connectivity index is 1.53. The number of nitrogens with zero attached hydrogens (tertiary/aromatic N) is 2. The van der Waals surface area contributed by atoms with E-state index >= 15 is 0 Å². The zero-order valence-electron chi connectivity index (χ0n) is 15.4. The fraction of sp³-hybridized carbons (Fsp3) is 0.250. The normalized spacial score (nSPS) is 11.7. The molecule has 0 bridgehead atoms. The van der Waals surface area contributed by atoms with Crippen molar-refractivity contribution in [2.24, 2.45) is 0 Å². The molecule has 1 atom stereocenters. The van der Waals surface area contributed by atoms with E-state index in [-0.39, 0.29) is 12.5 Å². The van der Waals surface area contributed by atoms with Crippen molar-refractivity contribution in [1.29, 1.82) is 0 Å².